The Balaban J connectivity index is 2.20. The number of nitrogens with one attached hydrogen (secondary N) is 1. The number of anilines is 1. The fourth-order valence-electron chi connectivity index (χ4n) is 1.82. The molecule has 0 aliphatic carbocycles. The minimum Gasteiger partial charge on any atom is -0.362 e. The third kappa shape index (κ3) is 3.48. The molecule has 0 aliphatic rings. The van der Waals surface area contributed by atoms with E-state index in [4.69, 9.17) is 5.73 Å². The molecule has 2 aromatic rings. The van der Waals surface area contributed by atoms with Crippen molar-refractivity contribution in [1.29, 1.82) is 0 Å². The van der Waals surface area contributed by atoms with Gasteiger partial charge in [-0.15, -0.1) is 0 Å². The Bertz CT molecular complexity index is 555. The highest BCUT2D eigenvalue weighted by molar-refractivity contribution is 5.39. The van der Waals surface area contributed by atoms with Crippen molar-refractivity contribution in [2.45, 2.75) is 12.2 Å². The predicted octanol–water partition coefficient (Wildman–Crippen LogP) is 3.21. The Hall–Kier alpha value is -2.08. The molecule has 3 N–H and O–H groups in total. The van der Waals surface area contributed by atoms with Crippen LogP contribution < -0.4 is 11.1 Å². The zero-order valence-electron chi connectivity index (χ0n) is 10.6. The number of pyridine rings is 1. The molecule has 106 valence electrons. The molecule has 0 saturated carbocycles. The summed E-state index contributed by atoms with van der Waals surface area (Å²) in [5.41, 5.74) is 5.64. The second-order valence-electron chi connectivity index (χ2n) is 4.25. The maximum absolute atomic E-state index is 12.6. The van der Waals surface area contributed by atoms with Gasteiger partial charge in [-0.05, 0) is 17.7 Å². The largest absolute Gasteiger partial charge is 0.433 e. The van der Waals surface area contributed by atoms with Crippen LogP contribution >= 0.6 is 0 Å². The van der Waals surface area contributed by atoms with Crippen LogP contribution in [0.25, 0.3) is 0 Å². The number of aromatic nitrogens is 1. The Morgan fingerprint density at radius 3 is 2.35 bits per heavy atom. The number of nitrogens with zero attached hydrogens (tertiary/aromatic N) is 1. The van der Waals surface area contributed by atoms with Crippen LogP contribution in [0.2, 0.25) is 0 Å². The second-order valence-corrected chi connectivity index (χ2v) is 4.25. The van der Waals surface area contributed by atoms with Crippen LogP contribution in [0.15, 0.2) is 48.5 Å². The van der Waals surface area contributed by atoms with Crippen molar-refractivity contribution in [3.63, 3.8) is 0 Å². The van der Waals surface area contributed by atoms with E-state index < -0.39 is 11.9 Å². The highest BCUT2D eigenvalue weighted by atomic mass is 19.4. The maximum Gasteiger partial charge on any atom is 0.433 e. The fourth-order valence-corrected chi connectivity index (χ4v) is 1.82. The van der Waals surface area contributed by atoms with Crippen LogP contribution in [-0.2, 0) is 6.18 Å². The molecule has 0 spiro atoms. The molecule has 1 aromatic carbocycles. The molecular weight excluding hydrogens is 267 g/mol. The van der Waals surface area contributed by atoms with Crippen molar-refractivity contribution in [3.8, 4) is 0 Å². The summed E-state index contributed by atoms with van der Waals surface area (Å²) in [6.07, 6.45) is -4.46. The third-order valence-corrected chi connectivity index (χ3v) is 2.80. The van der Waals surface area contributed by atoms with E-state index >= 15 is 0 Å². The first-order chi connectivity index (χ1) is 9.50. The first-order valence-corrected chi connectivity index (χ1v) is 6.06. The van der Waals surface area contributed by atoms with Crippen LogP contribution in [0.1, 0.15) is 17.3 Å². The van der Waals surface area contributed by atoms with Crippen molar-refractivity contribution in [3.05, 3.63) is 59.8 Å². The molecule has 0 aliphatic heterocycles. The van der Waals surface area contributed by atoms with Crippen LogP contribution in [0.5, 0.6) is 0 Å². The topological polar surface area (TPSA) is 50.9 Å². The van der Waals surface area contributed by atoms with Gasteiger partial charge in [0.1, 0.15) is 11.5 Å². The lowest BCUT2D eigenvalue weighted by Gasteiger charge is -2.18. The van der Waals surface area contributed by atoms with Gasteiger partial charge in [0.2, 0.25) is 0 Å². The zero-order chi connectivity index (χ0) is 14.6. The van der Waals surface area contributed by atoms with E-state index in [-0.39, 0.29) is 18.4 Å². The smallest absolute Gasteiger partial charge is 0.362 e. The van der Waals surface area contributed by atoms with Crippen molar-refractivity contribution < 1.29 is 13.2 Å². The third-order valence-electron chi connectivity index (χ3n) is 2.80. The van der Waals surface area contributed by atoms with Gasteiger partial charge in [0.05, 0.1) is 6.04 Å². The summed E-state index contributed by atoms with van der Waals surface area (Å²) in [7, 11) is 0. The highest BCUT2D eigenvalue weighted by Gasteiger charge is 2.32. The number of nitrogens with two attached hydrogens (primary N) is 1. The number of hydrogen-bond acceptors (Lipinski definition) is 3. The van der Waals surface area contributed by atoms with E-state index in [0.29, 0.717) is 0 Å². The molecule has 0 saturated heterocycles. The standard InChI is InChI=1S/C14H14F3N3/c15-14(16,17)12-7-4-8-13(20-12)19-11(9-18)10-5-2-1-3-6-10/h1-8,11H,9,18H2,(H,19,20). The summed E-state index contributed by atoms with van der Waals surface area (Å²) in [4.78, 5) is 3.57. The lowest BCUT2D eigenvalue weighted by Crippen LogP contribution is -2.21. The van der Waals surface area contributed by atoms with Gasteiger partial charge in [-0.1, -0.05) is 36.4 Å². The number of alkyl halides is 3. The molecule has 2 rings (SSSR count). The number of hydrogen-bond donors (Lipinski definition) is 2. The van der Waals surface area contributed by atoms with Gasteiger partial charge in [0, 0.05) is 6.54 Å². The Morgan fingerprint density at radius 2 is 1.75 bits per heavy atom. The minimum absolute atomic E-state index is 0.152. The van der Waals surface area contributed by atoms with Crippen molar-refractivity contribution in [1.82, 2.24) is 4.98 Å². The van der Waals surface area contributed by atoms with Gasteiger partial charge >= 0.3 is 6.18 Å². The molecule has 1 heterocycles. The van der Waals surface area contributed by atoms with Crippen molar-refractivity contribution >= 4 is 5.82 Å². The molecule has 0 amide bonds. The van der Waals surface area contributed by atoms with Crippen LogP contribution in [0.4, 0.5) is 19.0 Å². The van der Waals surface area contributed by atoms with Gasteiger partial charge in [-0.2, -0.15) is 13.2 Å². The summed E-state index contributed by atoms with van der Waals surface area (Å²) in [5, 5.41) is 2.92. The van der Waals surface area contributed by atoms with Crippen LogP contribution in [0.3, 0.4) is 0 Å². The van der Waals surface area contributed by atoms with Crippen LogP contribution in [-0.4, -0.2) is 11.5 Å². The Morgan fingerprint density at radius 1 is 1.05 bits per heavy atom. The lowest BCUT2D eigenvalue weighted by molar-refractivity contribution is -0.141. The molecule has 1 aromatic heterocycles. The SMILES string of the molecule is NCC(Nc1cccc(C(F)(F)F)n1)c1ccccc1. The minimum atomic E-state index is -4.46. The Kier molecular flexibility index (Phi) is 4.24. The van der Waals surface area contributed by atoms with Crippen molar-refractivity contribution in [2.24, 2.45) is 5.73 Å². The monoisotopic (exact) mass is 281 g/mol. The van der Waals surface area contributed by atoms with E-state index in [2.05, 4.69) is 10.3 Å². The van der Waals surface area contributed by atoms with Gasteiger partial charge in [-0.25, -0.2) is 4.98 Å². The summed E-state index contributed by atoms with van der Waals surface area (Å²) in [6, 6.07) is 12.7. The van der Waals surface area contributed by atoms with Gasteiger partial charge in [0.15, 0.2) is 0 Å². The van der Waals surface area contributed by atoms with E-state index in [0.717, 1.165) is 11.6 Å². The second kappa shape index (κ2) is 5.92. The molecule has 0 radical (unpaired) electrons. The van der Waals surface area contributed by atoms with E-state index in [1.807, 2.05) is 30.3 Å². The van der Waals surface area contributed by atoms with Gasteiger partial charge in [0.25, 0.3) is 0 Å². The van der Waals surface area contributed by atoms with Gasteiger partial charge in [-0.3, -0.25) is 0 Å². The van der Waals surface area contributed by atoms with E-state index in [9.17, 15) is 13.2 Å². The van der Waals surface area contributed by atoms with Crippen molar-refractivity contribution in [2.75, 3.05) is 11.9 Å². The van der Waals surface area contributed by atoms with Gasteiger partial charge < -0.3 is 11.1 Å². The normalized spacial score (nSPS) is 13.0. The zero-order valence-corrected chi connectivity index (χ0v) is 10.6. The summed E-state index contributed by atoms with van der Waals surface area (Å²) in [6.45, 7) is 0.252. The first-order valence-electron chi connectivity index (χ1n) is 6.06. The molecule has 1 atom stereocenters. The predicted molar refractivity (Wildman–Crippen MR) is 71.1 cm³/mol. The molecular formula is C14H14F3N3. The molecule has 3 nitrogen and oxygen atoms in total. The van der Waals surface area contributed by atoms with Crippen LogP contribution in [0, 0.1) is 0 Å². The average Bonchev–Trinajstić information content (AvgIpc) is 2.45. The number of halogens is 3. The lowest BCUT2D eigenvalue weighted by atomic mass is 10.1. The summed E-state index contributed by atoms with van der Waals surface area (Å²) >= 11 is 0. The molecule has 6 heteroatoms. The number of benzene rings is 1. The van der Waals surface area contributed by atoms with E-state index in [1.54, 1.807) is 0 Å². The first kappa shape index (κ1) is 14.3. The van der Waals surface area contributed by atoms with E-state index in [1.165, 1.54) is 12.1 Å². The Labute approximate surface area is 114 Å². The average molecular weight is 281 g/mol. The molecule has 1 unspecified atom stereocenters. The summed E-state index contributed by atoms with van der Waals surface area (Å²) in [5.74, 6) is 0.152. The maximum atomic E-state index is 12.6. The number of rotatable bonds is 4. The molecule has 20 heavy (non-hydrogen) atoms. The molecule has 0 bridgehead atoms. The fraction of sp³-hybridized carbons (Fsp3) is 0.214. The summed E-state index contributed by atoms with van der Waals surface area (Å²) < 4.78 is 37.8. The molecule has 0 fully saturated rings. The highest BCUT2D eigenvalue weighted by Crippen LogP contribution is 2.28. The quantitative estimate of drug-likeness (QED) is 0.904.